The molecule has 102 valence electrons. The van der Waals surface area contributed by atoms with Gasteiger partial charge in [0.05, 0.1) is 0 Å². The van der Waals surface area contributed by atoms with Gasteiger partial charge in [0.1, 0.15) is 11.5 Å². The van der Waals surface area contributed by atoms with Gasteiger partial charge in [-0.05, 0) is 38.8 Å². The standard InChI is InChI=1S/C9H16O3.H3O4P/c1-5(2)7(10)9(12)8(11)6(3)4;1-5(2,3)4/h9-12H,1-4H3;(H3,1,2,3,4). The van der Waals surface area contributed by atoms with Gasteiger partial charge in [0.2, 0.25) is 0 Å². The van der Waals surface area contributed by atoms with Gasteiger partial charge in [-0.1, -0.05) is 0 Å². The molecule has 0 fully saturated rings. The summed E-state index contributed by atoms with van der Waals surface area (Å²) in [6.45, 7) is 6.65. The Hall–Kier alpha value is -0.850. The fourth-order valence-electron chi connectivity index (χ4n) is 0.676. The molecule has 0 radical (unpaired) electrons. The summed E-state index contributed by atoms with van der Waals surface area (Å²) < 4.78 is 8.88. The fraction of sp³-hybridized carbons (Fsp3) is 0.556. The van der Waals surface area contributed by atoms with Crippen molar-refractivity contribution in [1.29, 1.82) is 0 Å². The zero-order chi connectivity index (χ0) is 14.4. The Bertz CT molecular complexity index is 312. The van der Waals surface area contributed by atoms with E-state index in [9.17, 15) is 15.3 Å². The van der Waals surface area contributed by atoms with Crippen molar-refractivity contribution in [3.8, 4) is 0 Å². The molecule has 0 amide bonds. The van der Waals surface area contributed by atoms with E-state index >= 15 is 0 Å². The smallest absolute Gasteiger partial charge is 0.466 e. The molecule has 6 N–H and O–H groups in total. The Morgan fingerprint density at radius 3 is 1.18 bits per heavy atom. The van der Waals surface area contributed by atoms with Gasteiger partial charge in [0, 0.05) is 0 Å². The first kappa shape index (κ1) is 18.5. The van der Waals surface area contributed by atoms with Crippen molar-refractivity contribution in [2.75, 3.05) is 0 Å². The third kappa shape index (κ3) is 11.4. The number of phosphoric acid groups is 1. The van der Waals surface area contributed by atoms with Gasteiger partial charge >= 0.3 is 7.82 Å². The second-order valence-electron chi connectivity index (χ2n) is 3.69. The molecule has 17 heavy (non-hydrogen) atoms. The van der Waals surface area contributed by atoms with Crippen LogP contribution < -0.4 is 0 Å². The fourth-order valence-corrected chi connectivity index (χ4v) is 0.676. The van der Waals surface area contributed by atoms with Crippen LogP contribution in [0.2, 0.25) is 0 Å². The summed E-state index contributed by atoms with van der Waals surface area (Å²) in [7, 11) is -4.64. The Kier molecular flexibility index (Phi) is 8.14. The van der Waals surface area contributed by atoms with Gasteiger partial charge in [-0.25, -0.2) is 4.57 Å². The number of aliphatic hydroxyl groups is 3. The molecule has 0 aliphatic rings. The Labute approximate surface area is 99.6 Å². The quantitative estimate of drug-likeness (QED) is 0.326. The molecule has 8 heteroatoms. The number of hydrogen-bond donors (Lipinski definition) is 6. The normalized spacial score (nSPS) is 10.4. The van der Waals surface area contributed by atoms with Crippen LogP contribution in [0.4, 0.5) is 0 Å². The molecule has 0 spiro atoms. The molecule has 0 unspecified atom stereocenters. The molecule has 0 aliphatic carbocycles. The predicted octanol–water partition coefficient (Wildman–Crippen LogP) is 1.12. The molecule has 0 saturated carbocycles. The number of hydrogen-bond acceptors (Lipinski definition) is 4. The van der Waals surface area contributed by atoms with Gasteiger partial charge in [0.25, 0.3) is 0 Å². The molecule has 0 heterocycles. The van der Waals surface area contributed by atoms with Crippen molar-refractivity contribution in [3.63, 3.8) is 0 Å². The van der Waals surface area contributed by atoms with Gasteiger partial charge in [-0.15, -0.1) is 0 Å². The number of aliphatic hydroxyl groups excluding tert-OH is 3. The minimum atomic E-state index is -4.64. The van der Waals surface area contributed by atoms with Gasteiger partial charge in [-0.3, -0.25) is 0 Å². The highest BCUT2D eigenvalue weighted by Crippen LogP contribution is 2.25. The maximum atomic E-state index is 9.31. The zero-order valence-electron chi connectivity index (χ0n) is 10.1. The van der Waals surface area contributed by atoms with E-state index in [2.05, 4.69) is 0 Å². The average Bonchev–Trinajstić information content (AvgIpc) is 2.11. The first-order valence-electron chi connectivity index (χ1n) is 4.57. The van der Waals surface area contributed by atoms with Crippen LogP contribution in [-0.4, -0.2) is 36.1 Å². The van der Waals surface area contributed by atoms with E-state index in [1.54, 1.807) is 27.7 Å². The molecule has 0 aromatic rings. The third-order valence-corrected chi connectivity index (χ3v) is 1.54. The van der Waals surface area contributed by atoms with Crippen LogP contribution >= 0.6 is 7.82 Å². The summed E-state index contributed by atoms with van der Waals surface area (Å²) in [5.41, 5.74) is 1.19. The van der Waals surface area contributed by atoms with Crippen LogP contribution in [0, 0.1) is 0 Å². The van der Waals surface area contributed by atoms with Crippen LogP contribution in [0.3, 0.4) is 0 Å². The molecular weight excluding hydrogens is 251 g/mol. The molecular formula is C9H19O7P. The number of rotatable bonds is 2. The van der Waals surface area contributed by atoms with E-state index < -0.39 is 13.9 Å². The maximum Gasteiger partial charge on any atom is 0.466 e. The van der Waals surface area contributed by atoms with Crippen molar-refractivity contribution < 1.29 is 34.6 Å². The number of allylic oxidation sites excluding steroid dienone is 2. The van der Waals surface area contributed by atoms with E-state index in [1.165, 1.54) is 0 Å². The molecule has 0 saturated heterocycles. The molecule has 0 aromatic carbocycles. The van der Waals surface area contributed by atoms with E-state index in [0.717, 1.165) is 0 Å². The molecule has 0 aromatic heterocycles. The SMILES string of the molecule is CC(C)=C(O)C(O)C(O)=C(C)C.O=P(O)(O)O. The molecule has 0 bridgehead atoms. The first-order chi connectivity index (χ1) is 7.37. The van der Waals surface area contributed by atoms with Gasteiger partial charge in [-0.2, -0.15) is 0 Å². The van der Waals surface area contributed by atoms with Crippen molar-refractivity contribution in [2.24, 2.45) is 0 Å². The lowest BCUT2D eigenvalue weighted by molar-refractivity contribution is 0.133. The predicted molar refractivity (Wildman–Crippen MR) is 62.3 cm³/mol. The van der Waals surface area contributed by atoms with Crippen LogP contribution in [0.15, 0.2) is 22.7 Å². The highest BCUT2D eigenvalue weighted by atomic mass is 31.2. The van der Waals surface area contributed by atoms with Crippen molar-refractivity contribution >= 4 is 7.82 Å². The first-order valence-corrected chi connectivity index (χ1v) is 6.13. The van der Waals surface area contributed by atoms with Crippen LogP contribution in [0.1, 0.15) is 27.7 Å². The van der Waals surface area contributed by atoms with E-state index in [-0.39, 0.29) is 11.5 Å². The maximum absolute atomic E-state index is 9.31. The van der Waals surface area contributed by atoms with E-state index in [4.69, 9.17) is 19.2 Å². The summed E-state index contributed by atoms with van der Waals surface area (Å²) in [6.07, 6.45) is -1.28. The van der Waals surface area contributed by atoms with Crippen molar-refractivity contribution in [1.82, 2.24) is 0 Å². The Balaban J connectivity index is 0. The Morgan fingerprint density at radius 1 is 0.882 bits per heavy atom. The summed E-state index contributed by atoms with van der Waals surface area (Å²) in [6, 6.07) is 0. The summed E-state index contributed by atoms with van der Waals surface area (Å²) in [5, 5.41) is 27.8. The second-order valence-corrected chi connectivity index (χ2v) is 4.71. The lowest BCUT2D eigenvalue weighted by Crippen LogP contribution is -2.15. The minimum Gasteiger partial charge on any atom is -0.509 e. The summed E-state index contributed by atoms with van der Waals surface area (Å²) in [4.78, 5) is 21.6. The molecule has 7 nitrogen and oxygen atoms in total. The van der Waals surface area contributed by atoms with Crippen LogP contribution in [0.25, 0.3) is 0 Å². The van der Waals surface area contributed by atoms with Crippen molar-refractivity contribution in [3.05, 3.63) is 22.7 Å². The monoisotopic (exact) mass is 270 g/mol. The lowest BCUT2D eigenvalue weighted by Gasteiger charge is -2.11. The van der Waals surface area contributed by atoms with Crippen LogP contribution in [-0.2, 0) is 4.57 Å². The largest absolute Gasteiger partial charge is 0.509 e. The van der Waals surface area contributed by atoms with Gasteiger partial charge < -0.3 is 30.0 Å². The highest BCUT2D eigenvalue weighted by Gasteiger charge is 2.16. The Morgan fingerprint density at radius 2 is 1.06 bits per heavy atom. The highest BCUT2D eigenvalue weighted by molar-refractivity contribution is 7.45. The minimum absolute atomic E-state index is 0.186. The molecule has 0 atom stereocenters. The van der Waals surface area contributed by atoms with Crippen molar-refractivity contribution in [2.45, 2.75) is 33.8 Å². The van der Waals surface area contributed by atoms with E-state index in [1.807, 2.05) is 0 Å². The zero-order valence-corrected chi connectivity index (χ0v) is 11.0. The average molecular weight is 270 g/mol. The van der Waals surface area contributed by atoms with E-state index in [0.29, 0.717) is 11.1 Å². The molecule has 0 rings (SSSR count). The lowest BCUT2D eigenvalue weighted by atomic mass is 10.1. The topological polar surface area (TPSA) is 138 Å². The third-order valence-electron chi connectivity index (χ3n) is 1.54. The van der Waals surface area contributed by atoms with Crippen LogP contribution in [0.5, 0.6) is 0 Å². The second kappa shape index (κ2) is 7.47. The summed E-state index contributed by atoms with van der Waals surface area (Å²) in [5.74, 6) is -0.373. The summed E-state index contributed by atoms with van der Waals surface area (Å²) >= 11 is 0. The van der Waals surface area contributed by atoms with Gasteiger partial charge in [0.15, 0.2) is 6.10 Å². The molecule has 0 aliphatic heterocycles.